The van der Waals surface area contributed by atoms with Gasteiger partial charge in [-0.3, -0.25) is 4.98 Å². The van der Waals surface area contributed by atoms with E-state index in [0.29, 0.717) is 6.04 Å². The lowest BCUT2D eigenvalue weighted by Gasteiger charge is -2.12. The fourth-order valence-corrected chi connectivity index (χ4v) is 2.02. The highest BCUT2D eigenvalue weighted by atomic mass is 14.9. The van der Waals surface area contributed by atoms with E-state index in [9.17, 15) is 0 Å². The molecule has 1 fully saturated rings. The molecule has 2 rings (SSSR count). The fourth-order valence-electron chi connectivity index (χ4n) is 2.02. The number of pyridine rings is 1. The first-order chi connectivity index (χ1) is 6.27. The van der Waals surface area contributed by atoms with Gasteiger partial charge in [0.2, 0.25) is 0 Å². The molecule has 1 aliphatic rings. The van der Waals surface area contributed by atoms with E-state index in [0.717, 1.165) is 12.5 Å². The average Bonchev–Trinajstić information content (AvgIpc) is 2.53. The van der Waals surface area contributed by atoms with E-state index in [1.807, 2.05) is 12.4 Å². The molecule has 1 aliphatic heterocycles. The van der Waals surface area contributed by atoms with E-state index in [1.54, 1.807) is 0 Å². The molecule has 0 radical (unpaired) electrons. The van der Waals surface area contributed by atoms with Gasteiger partial charge in [0, 0.05) is 18.4 Å². The summed E-state index contributed by atoms with van der Waals surface area (Å²) in [5.74, 6) is 0.803. The van der Waals surface area contributed by atoms with Crippen LogP contribution in [0.15, 0.2) is 18.5 Å². The van der Waals surface area contributed by atoms with Crippen molar-refractivity contribution in [3.8, 4) is 0 Å². The molecule has 13 heavy (non-hydrogen) atoms. The first-order valence-corrected chi connectivity index (χ1v) is 4.91. The zero-order chi connectivity index (χ0) is 9.26. The van der Waals surface area contributed by atoms with Crippen molar-refractivity contribution >= 4 is 0 Å². The number of rotatable bonds is 1. The van der Waals surface area contributed by atoms with Crippen LogP contribution in [0.2, 0.25) is 0 Å². The Labute approximate surface area is 79.4 Å². The highest BCUT2D eigenvalue weighted by Crippen LogP contribution is 2.27. The molecular weight excluding hydrogens is 160 g/mol. The Morgan fingerprint density at radius 2 is 2.38 bits per heavy atom. The molecular formula is C11H16N2. The summed E-state index contributed by atoms with van der Waals surface area (Å²) >= 11 is 0. The minimum Gasteiger partial charge on any atom is -0.310 e. The lowest BCUT2D eigenvalue weighted by molar-refractivity contribution is 0.609. The van der Waals surface area contributed by atoms with Gasteiger partial charge < -0.3 is 5.32 Å². The third kappa shape index (κ3) is 1.73. The lowest BCUT2D eigenvalue weighted by atomic mass is 9.99. The topological polar surface area (TPSA) is 24.9 Å². The van der Waals surface area contributed by atoms with Crippen molar-refractivity contribution in [3.63, 3.8) is 0 Å². The van der Waals surface area contributed by atoms with Crippen molar-refractivity contribution < 1.29 is 0 Å². The number of nitrogens with one attached hydrogen (secondary N) is 1. The summed E-state index contributed by atoms with van der Waals surface area (Å²) in [6.45, 7) is 5.57. The third-order valence-electron chi connectivity index (χ3n) is 2.79. The Hall–Kier alpha value is -0.890. The van der Waals surface area contributed by atoms with E-state index < -0.39 is 0 Å². The highest BCUT2D eigenvalue weighted by molar-refractivity contribution is 5.26. The SMILES string of the molecule is Cc1cnccc1[C@H]1C[C@H](C)CN1. The van der Waals surface area contributed by atoms with Crippen LogP contribution in [0.4, 0.5) is 0 Å². The molecule has 2 heteroatoms. The molecule has 0 aromatic carbocycles. The summed E-state index contributed by atoms with van der Waals surface area (Å²) in [6.07, 6.45) is 5.08. The smallest absolute Gasteiger partial charge is 0.0327 e. The molecule has 0 spiro atoms. The lowest BCUT2D eigenvalue weighted by Crippen LogP contribution is -2.14. The Bertz CT molecular complexity index is 296. The maximum absolute atomic E-state index is 4.11. The summed E-state index contributed by atoms with van der Waals surface area (Å²) in [4.78, 5) is 4.11. The van der Waals surface area contributed by atoms with Gasteiger partial charge in [-0.1, -0.05) is 6.92 Å². The van der Waals surface area contributed by atoms with Crippen LogP contribution >= 0.6 is 0 Å². The number of hydrogen-bond acceptors (Lipinski definition) is 2. The Morgan fingerprint density at radius 1 is 1.54 bits per heavy atom. The number of hydrogen-bond donors (Lipinski definition) is 1. The van der Waals surface area contributed by atoms with E-state index in [-0.39, 0.29) is 0 Å². The van der Waals surface area contributed by atoms with Gasteiger partial charge in [0.1, 0.15) is 0 Å². The molecule has 2 nitrogen and oxygen atoms in total. The van der Waals surface area contributed by atoms with Gasteiger partial charge in [-0.15, -0.1) is 0 Å². The van der Waals surface area contributed by atoms with Gasteiger partial charge in [0.05, 0.1) is 0 Å². The number of nitrogens with zero attached hydrogens (tertiary/aromatic N) is 1. The predicted molar refractivity (Wildman–Crippen MR) is 53.5 cm³/mol. The molecule has 0 bridgehead atoms. The van der Waals surface area contributed by atoms with Gasteiger partial charge in [-0.2, -0.15) is 0 Å². The van der Waals surface area contributed by atoms with Gasteiger partial charge in [-0.05, 0) is 43.0 Å². The standard InChI is InChI=1S/C11H16N2/c1-8-5-11(13-6-8)10-3-4-12-7-9(10)2/h3-4,7-8,11,13H,5-6H2,1-2H3/t8-,11+/m0/s1. The maximum atomic E-state index is 4.11. The van der Waals surface area contributed by atoms with E-state index in [2.05, 4.69) is 30.2 Å². The second-order valence-corrected chi connectivity index (χ2v) is 4.03. The minimum absolute atomic E-state index is 0.554. The van der Waals surface area contributed by atoms with E-state index in [4.69, 9.17) is 0 Å². The molecule has 0 amide bonds. The molecule has 1 saturated heterocycles. The van der Waals surface area contributed by atoms with Crippen LogP contribution in [0.1, 0.15) is 30.5 Å². The first-order valence-electron chi connectivity index (χ1n) is 4.91. The van der Waals surface area contributed by atoms with Crippen LogP contribution in [0, 0.1) is 12.8 Å². The van der Waals surface area contributed by atoms with Crippen molar-refractivity contribution in [2.45, 2.75) is 26.3 Å². The molecule has 0 saturated carbocycles. The molecule has 0 aliphatic carbocycles. The van der Waals surface area contributed by atoms with Crippen LogP contribution in [0.3, 0.4) is 0 Å². The molecule has 2 atom stereocenters. The molecule has 70 valence electrons. The third-order valence-corrected chi connectivity index (χ3v) is 2.79. The summed E-state index contributed by atoms with van der Waals surface area (Å²) in [6, 6.07) is 2.68. The predicted octanol–water partition coefficient (Wildman–Crippen LogP) is 2.06. The van der Waals surface area contributed by atoms with Crippen LogP contribution < -0.4 is 5.32 Å². The summed E-state index contributed by atoms with van der Waals surface area (Å²) in [5, 5.41) is 3.54. The van der Waals surface area contributed by atoms with Gasteiger partial charge in [-0.25, -0.2) is 0 Å². The summed E-state index contributed by atoms with van der Waals surface area (Å²) in [7, 11) is 0. The highest BCUT2D eigenvalue weighted by Gasteiger charge is 2.22. The molecule has 2 heterocycles. The van der Waals surface area contributed by atoms with E-state index in [1.165, 1.54) is 17.5 Å². The first kappa shape index (κ1) is 8.70. The quantitative estimate of drug-likeness (QED) is 0.708. The van der Waals surface area contributed by atoms with Gasteiger partial charge in [0.25, 0.3) is 0 Å². The zero-order valence-electron chi connectivity index (χ0n) is 8.25. The van der Waals surface area contributed by atoms with Crippen LogP contribution in [-0.2, 0) is 0 Å². The second kappa shape index (κ2) is 3.46. The number of aryl methyl sites for hydroxylation is 1. The van der Waals surface area contributed by atoms with Gasteiger partial charge in [0.15, 0.2) is 0 Å². The minimum atomic E-state index is 0.554. The largest absolute Gasteiger partial charge is 0.310 e. The molecule has 1 aromatic heterocycles. The van der Waals surface area contributed by atoms with E-state index >= 15 is 0 Å². The van der Waals surface area contributed by atoms with Crippen LogP contribution in [0.25, 0.3) is 0 Å². The normalized spacial score (nSPS) is 27.8. The fraction of sp³-hybridized carbons (Fsp3) is 0.545. The average molecular weight is 176 g/mol. The van der Waals surface area contributed by atoms with Gasteiger partial charge >= 0.3 is 0 Å². The van der Waals surface area contributed by atoms with Crippen molar-refractivity contribution in [1.29, 1.82) is 0 Å². The Balaban J connectivity index is 2.21. The monoisotopic (exact) mass is 176 g/mol. The molecule has 1 aromatic rings. The Kier molecular flexibility index (Phi) is 2.32. The summed E-state index contributed by atoms with van der Waals surface area (Å²) in [5.41, 5.74) is 2.72. The Morgan fingerprint density at radius 3 is 3.00 bits per heavy atom. The molecule has 1 N–H and O–H groups in total. The number of aromatic nitrogens is 1. The molecule has 0 unspecified atom stereocenters. The second-order valence-electron chi connectivity index (χ2n) is 4.03. The zero-order valence-corrected chi connectivity index (χ0v) is 8.25. The van der Waals surface area contributed by atoms with Crippen molar-refractivity contribution in [3.05, 3.63) is 29.6 Å². The van der Waals surface area contributed by atoms with Crippen LogP contribution in [-0.4, -0.2) is 11.5 Å². The summed E-state index contributed by atoms with van der Waals surface area (Å²) < 4.78 is 0. The van der Waals surface area contributed by atoms with Crippen molar-refractivity contribution in [2.75, 3.05) is 6.54 Å². The maximum Gasteiger partial charge on any atom is 0.0327 e. The van der Waals surface area contributed by atoms with Crippen molar-refractivity contribution in [2.24, 2.45) is 5.92 Å². The van der Waals surface area contributed by atoms with Crippen LogP contribution in [0.5, 0.6) is 0 Å². The van der Waals surface area contributed by atoms with Crippen molar-refractivity contribution in [1.82, 2.24) is 10.3 Å².